The van der Waals surface area contributed by atoms with Gasteiger partial charge < -0.3 is 5.32 Å². The topological polar surface area (TPSA) is 99.2 Å². The van der Waals surface area contributed by atoms with Crippen molar-refractivity contribution in [2.75, 3.05) is 5.32 Å². The van der Waals surface area contributed by atoms with E-state index in [4.69, 9.17) is 0 Å². The average Bonchev–Trinajstić information content (AvgIpc) is 3.34. The van der Waals surface area contributed by atoms with Crippen LogP contribution in [0.25, 0.3) is 31.4 Å². The van der Waals surface area contributed by atoms with Gasteiger partial charge in [-0.3, -0.25) is 14.7 Å². The van der Waals surface area contributed by atoms with Gasteiger partial charge in [-0.15, -0.1) is 11.3 Å². The summed E-state index contributed by atoms with van der Waals surface area (Å²) >= 11 is 1.69. The molecule has 0 radical (unpaired) electrons. The normalized spacial score (nSPS) is 14.1. The van der Waals surface area contributed by atoms with E-state index < -0.39 is 0 Å². The van der Waals surface area contributed by atoms with Crippen LogP contribution in [0, 0.1) is 0 Å². The van der Waals surface area contributed by atoms with Gasteiger partial charge in [0.2, 0.25) is 5.91 Å². The summed E-state index contributed by atoms with van der Waals surface area (Å²) in [6.07, 6.45) is 2.33. The lowest BCUT2D eigenvalue weighted by Gasteiger charge is -2.13. The molecule has 8 heteroatoms. The second-order valence-corrected chi connectivity index (χ2v) is 7.64. The van der Waals surface area contributed by atoms with Gasteiger partial charge in [-0.25, -0.2) is 5.43 Å². The van der Waals surface area contributed by atoms with E-state index in [1.165, 1.54) is 10.1 Å². The van der Waals surface area contributed by atoms with Gasteiger partial charge in [0.25, 0.3) is 5.91 Å². The highest BCUT2D eigenvalue weighted by Crippen LogP contribution is 2.38. The summed E-state index contributed by atoms with van der Waals surface area (Å²) in [6.45, 7) is 0. The van der Waals surface area contributed by atoms with Crippen molar-refractivity contribution in [3.05, 3.63) is 48.7 Å². The van der Waals surface area contributed by atoms with Crippen molar-refractivity contribution in [2.24, 2.45) is 5.10 Å². The van der Waals surface area contributed by atoms with E-state index in [2.05, 4.69) is 44.2 Å². The van der Waals surface area contributed by atoms with Crippen LogP contribution in [0.15, 0.2) is 53.8 Å². The smallest absolute Gasteiger partial charge is 0.271 e. The van der Waals surface area contributed by atoms with E-state index in [9.17, 15) is 9.59 Å². The Morgan fingerprint density at radius 2 is 2.00 bits per heavy atom. The summed E-state index contributed by atoms with van der Waals surface area (Å²) in [6, 6.07) is 14.2. The molecule has 2 aromatic heterocycles. The van der Waals surface area contributed by atoms with Crippen LogP contribution in [-0.2, 0) is 9.59 Å². The van der Waals surface area contributed by atoms with Crippen molar-refractivity contribution >= 4 is 55.5 Å². The maximum atomic E-state index is 12.5. The van der Waals surface area contributed by atoms with Crippen LogP contribution in [0.1, 0.15) is 12.8 Å². The first-order valence-electron chi connectivity index (χ1n) is 8.80. The number of carbonyl (C=O) groups excluding carboxylic acids is 2. The minimum atomic E-state index is -0.315. The first kappa shape index (κ1) is 16.6. The number of rotatable bonds is 3. The molecule has 3 heterocycles. The number of hydrogen-bond acceptors (Lipinski definition) is 5. The van der Waals surface area contributed by atoms with Crippen molar-refractivity contribution in [3.63, 3.8) is 0 Å². The number of benzene rings is 2. The zero-order valence-corrected chi connectivity index (χ0v) is 15.5. The predicted molar refractivity (Wildman–Crippen MR) is 110 cm³/mol. The van der Waals surface area contributed by atoms with Gasteiger partial charge in [-0.2, -0.15) is 10.2 Å². The Morgan fingerprint density at radius 3 is 2.82 bits per heavy atom. The number of hydrogen-bond donors (Lipinski definition) is 3. The number of carbonyl (C=O) groups is 2. The number of H-pyrrole nitrogens is 1. The minimum absolute atomic E-state index is 0.177. The summed E-state index contributed by atoms with van der Waals surface area (Å²) in [7, 11) is 0. The second kappa shape index (κ2) is 6.58. The molecule has 0 unspecified atom stereocenters. The summed E-state index contributed by atoms with van der Waals surface area (Å²) in [5.41, 5.74) is 5.22. The molecule has 7 nitrogen and oxygen atoms in total. The van der Waals surface area contributed by atoms with E-state index in [1.807, 2.05) is 24.3 Å². The lowest BCUT2D eigenvalue weighted by Crippen LogP contribution is -2.32. The summed E-state index contributed by atoms with van der Waals surface area (Å²) in [5, 5.41) is 16.0. The maximum absolute atomic E-state index is 12.5. The third-order valence-corrected chi connectivity index (χ3v) is 5.81. The van der Waals surface area contributed by atoms with Gasteiger partial charge in [0.05, 0.1) is 11.7 Å². The molecule has 0 aliphatic carbocycles. The van der Waals surface area contributed by atoms with Crippen molar-refractivity contribution in [3.8, 4) is 10.4 Å². The standard InChI is InChI=1S/C20H15N5O2S/c26-18-6-5-15(23-24-18)20(27)22-13-7-12-10-21-25-19(12)14(9-13)17-8-11-3-1-2-4-16(11)28-17/h1-4,7-10H,5-6H2,(H,21,25)(H,22,27)(H,24,26). The summed E-state index contributed by atoms with van der Waals surface area (Å²) < 4.78 is 1.20. The Balaban J connectivity index is 1.54. The van der Waals surface area contributed by atoms with Crippen LogP contribution in [0.4, 0.5) is 5.69 Å². The molecule has 28 heavy (non-hydrogen) atoms. The number of aromatic amines is 1. The lowest BCUT2D eigenvalue weighted by atomic mass is 10.1. The highest BCUT2D eigenvalue weighted by Gasteiger charge is 2.19. The maximum Gasteiger partial charge on any atom is 0.271 e. The largest absolute Gasteiger partial charge is 0.321 e. The first-order valence-corrected chi connectivity index (χ1v) is 9.62. The monoisotopic (exact) mass is 389 g/mol. The van der Waals surface area contributed by atoms with Crippen molar-refractivity contribution in [2.45, 2.75) is 12.8 Å². The molecule has 4 aromatic rings. The Bertz CT molecular complexity index is 1240. The third-order valence-electron chi connectivity index (χ3n) is 4.66. The number of hydrazone groups is 1. The molecule has 0 bridgehead atoms. The van der Waals surface area contributed by atoms with Gasteiger partial charge >= 0.3 is 0 Å². The zero-order valence-electron chi connectivity index (χ0n) is 14.7. The van der Waals surface area contributed by atoms with Gasteiger partial charge in [0.1, 0.15) is 5.71 Å². The number of amides is 2. The fraction of sp³-hybridized carbons (Fsp3) is 0.100. The van der Waals surface area contributed by atoms with Crippen molar-refractivity contribution in [1.82, 2.24) is 15.6 Å². The molecule has 2 amide bonds. The first-order chi connectivity index (χ1) is 13.7. The molecule has 0 spiro atoms. The minimum Gasteiger partial charge on any atom is -0.321 e. The lowest BCUT2D eigenvalue weighted by molar-refractivity contribution is -0.121. The van der Waals surface area contributed by atoms with Gasteiger partial charge in [-0.05, 0) is 29.7 Å². The molecule has 5 rings (SSSR count). The Hall–Kier alpha value is -3.52. The average molecular weight is 389 g/mol. The highest BCUT2D eigenvalue weighted by molar-refractivity contribution is 7.22. The molecular weight excluding hydrogens is 374 g/mol. The van der Waals surface area contributed by atoms with Crippen LogP contribution in [-0.4, -0.2) is 27.7 Å². The van der Waals surface area contributed by atoms with E-state index in [1.54, 1.807) is 17.5 Å². The van der Waals surface area contributed by atoms with E-state index in [0.29, 0.717) is 17.8 Å². The number of nitrogens with zero attached hydrogens (tertiary/aromatic N) is 2. The molecule has 138 valence electrons. The second-order valence-electron chi connectivity index (χ2n) is 6.55. The Kier molecular flexibility index (Phi) is 3.91. The summed E-state index contributed by atoms with van der Waals surface area (Å²) in [4.78, 5) is 24.8. The number of thiophene rings is 1. The molecule has 2 aromatic carbocycles. The van der Waals surface area contributed by atoms with E-state index in [-0.39, 0.29) is 18.2 Å². The zero-order chi connectivity index (χ0) is 19.1. The van der Waals surface area contributed by atoms with E-state index in [0.717, 1.165) is 21.3 Å². The molecule has 0 fully saturated rings. The number of fused-ring (bicyclic) bond motifs is 2. The third kappa shape index (κ3) is 2.93. The van der Waals surface area contributed by atoms with Gasteiger partial charge in [-0.1, -0.05) is 18.2 Å². The fourth-order valence-electron chi connectivity index (χ4n) is 3.28. The quantitative estimate of drug-likeness (QED) is 0.499. The fourth-order valence-corrected chi connectivity index (χ4v) is 4.36. The molecule has 0 saturated heterocycles. The van der Waals surface area contributed by atoms with Crippen LogP contribution >= 0.6 is 11.3 Å². The molecule has 1 aliphatic rings. The van der Waals surface area contributed by atoms with Crippen LogP contribution < -0.4 is 10.7 Å². The number of anilines is 1. The Labute approximate surface area is 163 Å². The highest BCUT2D eigenvalue weighted by atomic mass is 32.1. The van der Waals surface area contributed by atoms with Gasteiger partial charge in [0, 0.05) is 39.1 Å². The molecular formula is C20H15N5O2S. The van der Waals surface area contributed by atoms with Crippen LogP contribution in [0.5, 0.6) is 0 Å². The van der Waals surface area contributed by atoms with Crippen LogP contribution in [0.3, 0.4) is 0 Å². The molecule has 3 N–H and O–H groups in total. The van der Waals surface area contributed by atoms with Crippen molar-refractivity contribution in [1.29, 1.82) is 0 Å². The van der Waals surface area contributed by atoms with E-state index >= 15 is 0 Å². The number of aromatic nitrogens is 2. The molecule has 0 atom stereocenters. The molecule has 0 saturated carbocycles. The van der Waals surface area contributed by atoms with Crippen molar-refractivity contribution < 1.29 is 9.59 Å². The molecule has 1 aliphatic heterocycles. The number of nitrogens with one attached hydrogen (secondary N) is 3. The SMILES string of the molecule is O=C1CCC(C(=O)Nc2cc(-c3cc4ccccc4s3)c3[nH]ncc3c2)=NN1. The predicted octanol–water partition coefficient (Wildman–Crippen LogP) is 3.65. The van der Waals surface area contributed by atoms with Gasteiger partial charge in [0.15, 0.2) is 0 Å². The van der Waals surface area contributed by atoms with Crippen LogP contribution in [0.2, 0.25) is 0 Å². The summed E-state index contributed by atoms with van der Waals surface area (Å²) in [5.74, 6) is -0.492. The Morgan fingerprint density at radius 1 is 1.11 bits per heavy atom.